The van der Waals surface area contributed by atoms with Crippen molar-refractivity contribution in [1.29, 1.82) is 0 Å². The lowest BCUT2D eigenvalue weighted by Crippen LogP contribution is -2.28. The van der Waals surface area contributed by atoms with Crippen molar-refractivity contribution in [3.8, 4) is 0 Å². The highest BCUT2D eigenvalue weighted by atomic mass is 35.5. The van der Waals surface area contributed by atoms with Gasteiger partial charge in [-0.15, -0.1) is 11.8 Å². The molecule has 0 aliphatic carbocycles. The van der Waals surface area contributed by atoms with Crippen LogP contribution in [0.5, 0.6) is 0 Å². The number of halogens is 1. The molecule has 0 unspecified atom stereocenters. The van der Waals surface area contributed by atoms with Gasteiger partial charge in [-0.1, -0.05) is 23.7 Å². The molecule has 5 nitrogen and oxygen atoms in total. The summed E-state index contributed by atoms with van der Waals surface area (Å²) < 4.78 is 5.81. The predicted octanol–water partition coefficient (Wildman–Crippen LogP) is 5.98. The van der Waals surface area contributed by atoms with Gasteiger partial charge in [-0.25, -0.2) is 5.43 Å². The van der Waals surface area contributed by atoms with Gasteiger partial charge in [-0.2, -0.15) is 5.10 Å². The standard InChI is InChI=1S/C24H24ClN3O2S/c25-20-8-11-22(12-9-20)31-17-18-4-6-19(7-5-18)24(29)27-26-16-21-10-13-23(30-21)28-14-2-1-3-15-28/h4-13,16H,1-3,14-15,17H2,(H,27,29)/b26-16-. The van der Waals surface area contributed by atoms with Gasteiger partial charge in [0.1, 0.15) is 5.76 Å². The third-order valence-electron chi connectivity index (χ3n) is 5.07. The maximum atomic E-state index is 12.3. The molecule has 1 aromatic heterocycles. The van der Waals surface area contributed by atoms with Gasteiger partial charge in [-0.3, -0.25) is 4.79 Å². The van der Waals surface area contributed by atoms with Crippen LogP contribution >= 0.6 is 23.4 Å². The van der Waals surface area contributed by atoms with Crippen molar-refractivity contribution in [2.24, 2.45) is 5.10 Å². The van der Waals surface area contributed by atoms with Crippen LogP contribution in [0.2, 0.25) is 5.02 Å². The van der Waals surface area contributed by atoms with Gasteiger partial charge in [0, 0.05) is 40.4 Å². The van der Waals surface area contributed by atoms with Crippen molar-refractivity contribution in [1.82, 2.24) is 5.43 Å². The van der Waals surface area contributed by atoms with Gasteiger partial charge in [0.15, 0.2) is 5.88 Å². The molecule has 160 valence electrons. The van der Waals surface area contributed by atoms with Crippen LogP contribution in [-0.4, -0.2) is 25.2 Å². The number of hydrogen-bond acceptors (Lipinski definition) is 5. The number of carbonyl (C=O) groups is 1. The second-order valence-corrected chi connectivity index (χ2v) is 8.85. The van der Waals surface area contributed by atoms with Crippen LogP contribution in [0.1, 0.15) is 40.9 Å². The second-order valence-electron chi connectivity index (χ2n) is 7.36. The van der Waals surface area contributed by atoms with Crippen molar-refractivity contribution < 1.29 is 9.21 Å². The highest BCUT2D eigenvalue weighted by Crippen LogP contribution is 2.24. The van der Waals surface area contributed by atoms with Crippen LogP contribution in [0.25, 0.3) is 0 Å². The molecule has 1 aliphatic rings. The fourth-order valence-electron chi connectivity index (χ4n) is 3.36. The zero-order valence-corrected chi connectivity index (χ0v) is 18.7. The number of furan rings is 1. The number of amides is 1. The number of piperidine rings is 1. The molecule has 0 bridgehead atoms. The number of nitrogens with zero attached hydrogens (tertiary/aromatic N) is 2. The van der Waals surface area contributed by atoms with Crippen LogP contribution in [0, 0.1) is 0 Å². The lowest BCUT2D eigenvalue weighted by Gasteiger charge is -2.25. The molecule has 1 N–H and O–H groups in total. The van der Waals surface area contributed by atoms with Crippen molar-refractivity contribution in [2.45, 2.75) is 29.9 Å². The van der Waals surface area contributed by atoms with E-state index in [1.54, 1.807) is 11.8 Å². The Morgan fingerprint density at radius 1 is 1.03 bits per heavy atom. The zero-order valence-electron chi connectivity index (χ0n) is 17.1. The van der Waals surface area contributed by atoms with E-state index < -0.39 is 0 Å². The fourth-order valence-corrected chi connectivity index (χ4v) is 4.35. The molecule has 1 aliphatic heterocycles. The lowest BCUT2D eigenvalue weighted by atomic mass is 10.1. The molecule has 31 heavy (non-hydrogen) atoms. The van der Waals surface area contributed by atoms with E-state index in [4.69, 9.17) is 16.0 Å². The van der Waals surface area contributed by atoms with Crippen molar-refractivity contribution in [2.75, 3.05) is 18.0 Å². The first-order valence-corrected chi connectivity index (χ1v) is 11.7. The predicted molar refractivity (Wildman–Crippen MR) is 127 cm³/mol. The van der Waals surface area contributed by atoms with Gasteiger partial charge in [0.25, 0.3) is 5.91 Å². The Morgan fingerprint density at radius 2 is 1.77 bits per heavy atom. The Labute approximate surface area is 191 Å². The summed E-state index contributed by atoms with van der Waals surface area (Å²) in [5.74, 6) is 2.05. The van der Waals surface area contributed by atoms with E-state index in [2.05, 4.69) is 15.4 Å². The summed E-state index contributed by atoms with van der Waals surface area (Å²) in [6, 6.07) is 19.1. The molecule has 1 saturated heterocycles. The Balaban J connectivity index is 1.26. The van der Waals surface area contributed by atoms with E-state index in [9.17, 15) is 4.79 Å². The Kier molecular flexibility index (Phi) is 7.33. The first-order chi connectivity index (χ1) is 15.2. The van der Waals surface area contributed by atoms with Crippen LogP contribution < -0.4 is 10.3 Å². The molecule has 7 heteroatoms. The number of thioether (sulfide) groups is 1. The third-order valence-corrected chi connectivity index (χ3v) is 6.41. The van der Waals surface area contributed by atoms with Crippen LogP contribution in [0.15, 0.2) is 75.1 Å². The maximum Gasteiger partial charge on any atom is 0.271 e. The summed E-state index contributed by atoms with van der Waals surface area (Å²) in [6.45, 7) is 2.05. The van der Waals surface area contributed by atoms with Crippen molar-refractivity contribution in [3.05, 3.63) is 82.6 Å². The lowest BCUT2D eigenvalue weighted by molar-refractivity contribution is 0.0955. The quantitative estimate of drug-likeness (QED) is 0.271. The van der Waals surface area contributed by atoms with Crippen LogP contribution in [-0.2, 0) is 5.75 Å². The molecule has 2 heterocycles. The largest absolute Gasteiger partial charge is 0.440 e. The normalized spacial score (nSPS) is 14.2. The van der Waals surface area contributed by atoms with Crippen molar-refractivity contribution >= 4 is 41.4 Å². The number of nitrogens with one attached hydrogen (secondary N) is 1. The van der Waals surface area contributed by atoms with Gasteiger partial charge in [0.05, 0.1) is 6.21 Å². The average molecular weight is 454 g/mol. The molecule has 3 aromatic rings. The van der Waals surface area contributed by atoms with E-state index in [0.29, 0.717) is 11.3 Å². The monoisotopic (exact) mass is 453 g/mol. The number of anilines is 1. The SMILES string of the molecule is O=C(N/N=C\c1ccc(N2CCCCC2)o1)c1ccc(CSc2ccc(Cl)cc2)cc1. The Morgan fingerprint density at radius 3 is 2.52 bits per heavy atom. The molecule has 1 fully saturated rings. The zero-order chi connectivity index (χ0) is 21.5. The third kappa shape index (κ3) is 6.15. The minimum absolute atomic E-state index is 0.254. The summed E-state index contributed by atoms with van der Waals surface area (Å²) in [5, 5.41) is 4.76. The number of benzene rings is 2. The fraction of sp³-hybridized carbons (Fsp3) is 0.250. The summed E-state index contributed by atoms with van der Waals surface area (Å²) in [4.78, 5) is 15.7. The van der Waals surface area contributed by atoms with Crippen LogP contribution in [0.3, 0.4) is 0 Å². The molecule has 0 saturated carbocycles. The summed E-state index contributed by atoms with van der Waals surface area (Å²) >= 11 is 7.64. The molecular formula is C24H24ClN3O2S. The number of hydrazone groups is 1. The molecule has 1 amide bonds. The molecule has 0 atom stereocenters. The highest BCUT2D eigenvalue weighted by Gasteiger charge is 2.13. The Hall–Kier alpha value is -2.70. The summed E-state index contributed by atoms with van der Waals surface area (Å²) in [5.41, 5.74) is 4.26. The summed E-state index contributed by atoms with van der Waals surface area (Å²) in [7, 11) is 0. The average Bonchev–Trinajstić information content (AvgIpc) is 3.28. The first-order valence-electron chi connectivity index (χ1n) is 10.3. The molecule has 2 aromatic carbocycles. The number of carbonyl (C=O) groups excluding carboxylic acids is 1. The Bertz CT molecular complexity index is 1030. The van der Waals surface area contributed by atoms with E-state index >= 15 is 0 Å². The smallest absolute Gasteiger partial charge is 0.271 e. The van der Waals surface area contributed by atoms with Gasteiger partial charge in [-0.05, 0) is 67.3 Å². The topological polar surface area (TPSA) is 57.8 Å². The minimum atomic E-state index is -0.254. The van der Waals surface area contributed by atoms with E-state index in [1.807, 2.05) is 60.7 Å². The van der Waals surface area contributed by atoms with E-state index in [0.717, 1.165) is 40.2 Å². The molecule has 0 spiro atoms. The van der Waals surface area contributed by atoms with Crippen LogP contribution in [0.4, 0.5) is 5.88 Å². The van der Waals surface area contributed by atoms with Gasteiger partial charge in [0.2, 0.25) is 0 Å². The minimum Gasteiger partial charge on any atom is -0.440 e. The van der Waals surface area contributed by atoms with Crippen molar-refractivity contribution in [3.63, 3.8) is 0 Å². The molecular weight excluding hydrogens is 430 g/mol. The highest BCUT2D eigenvalue weighted by molar-refractivity contribution is 7.98. The van der Waals surface area contributed by atoms with E-state index in [-0.39, 0.29) is 5.91 Å². The number of hydrogen-bond donors (Lipinski definition) is 1. The summed E-state index contributed by atoms with van der Waals surface area (Å²) in [6.07, 6.45) is 5.19. The first kappa shape index (κ1) is 21.5. The maximum absolute atomic E-state index is 12.3. The molecule has 4 rings (SSSR count). The van der Waals surface area contributed by atoms with Gasteiger partial charge < -0.3 is 9.32 Å². The van der Waals surface area contributed by atoms with Gasteiger partial charge >= 0.3 is 0 Å². The van der Waals surface area contributed by atoms with E-state index in [1.165, 1.54) is 25.5 Å². The number of rotatable bonds is 7. The second kappa shape index (κ2) is 10.6. The molecule has 0 radical (unpaired) electrons.